The Morgan fingerprint density at radius 2 is 2.00 bits per heavy atom. The van der Waals surface area contributed by atoms with Gasteiger partial charge in [0.2, 0.25) is 0 Å². The number of rotatable bonds is 4. The summed E-state index contributed by atoms with van der Waals surface area (Å²) in [5, 5.41) is 3.55. The molecule has 2 nitrogen and oxygen atoms in total. The molecular weight excluding hydrogens is 148 g/mol. The molecule has 1 rings (SSSR count). The standard InChI is InChI=1S/C10H22N2/c1-7-4-10(5-7)12-6-8(2)9(3)11/h7-10,12H,4-6,11H2,1-3H3. The van der Waals surface area contributed by atoms with Gasteiger partial charge in [-0.2, -0.15) is 0 Å². The van der Waals surface area contributed by atoms with E-state index in [1.165, 1.54) is 12.8 Å². The van der Waals surface area contributed by atoms with Crippen LogP contribution in [0, 0.1) is 11.8 Å². The molecule has 0 spiro atoms. The first-order chi connectivity index (χ1) is 5.59. The summed E-state index contributed by atoms with van der Waals surface area (Å²) >= 11 is 0. The zero-order chi connectivity index (χ0) is 9.14. The first-order valence-electron chi connectivity index (χ1n) is 5.08. The Morgan fingerprint density at radius 3 is 2.42 bits per heavy atom. The Bertz CT molecular complexity index is 128. The molecule has 0 aromatic heterocycles. The van der Waals surface area contributed by atoms with E-state index in [2.05, 4.69) is 26.1 Å². The van der Waals surface area contributed by atoms with Gasteiger partial charge in [0.25, 0.3) is 0 Å². The van der Waals surface area contributed by atoms with Crippen molar-refractivity contribution in [2.75, 3.05) is 6.54 Å². The van der Waals surface area contributed by atoms with Crippen LogP contribution in [0.25, 0.3) is 0 Å². The van der Waals surface area contributed by atoms with Gasteiger partial charge in [0.15, 0.2) is 0 Å². The second kappa shape index (κ2) is 4.24. The van der Waals surface area contributed by atoms with Crippen molar-refractivity contribution >= 4 is 0 Å². The van der Waals surface area contributed by atoms with Gasteiger partial charge < -0.3 is 11.1 Å². The summed E-state index contributed by atoms with van der Waals surface area (Å²) in [6.45, 7) is 7.68. The van der Waals surface area contributed by atoms with Crippen LogP contribution in [-0.2, 0) is 0 Å². The van der Waals surface area contributed by atoms with E-state index in [1.54, 1.807) is 0 Å². The normalized spacial score (nSPS) is 34.0. The number of hydrogen-bond acceptors (Lipinski definition) is 2. The quantitative estimate of drug-likeness (QED) is 0.668. The molecule has 1 saturated carbocycles. The average molecular weight is 170 g/mol. The highest BCUT2D eigenvalue weighted by Gasteiger charge is 2.24. The van der Waals surface area contributed by atoms with Gasteiger partial charge in [0, 0.05) is 12.1 Å². The van der Waals surface area contributed by atoms with Crippen LogP contribution < -0.4 is 11.1 Å². The van der Waals surface area contributed by atoms with E-state index in [9.17, 15) is 0 Å². The highest BCUT2D eigenvalue weighted by atomic mass is 14.9. The van der Waals surface area contributed by atoms with Crippen LogP contribution in [0.2, 0.25) is 0 Å². The molecule has 0 heterocycles. The molecule has 3 N–H and O–H groups in total. The minimum Gasteiger partial charge on any atom is -0.328 e. The summed E-state index contributed by atoms with van der Waals surface area (Å²) in [6.07, 6.45) is 2.71. The molecule has 72 valence electrons. The third-order valence-electron chi connectivity index (χ3n) is 3.00. The summed E-state index contributed by atoms with van der Waals surface area (Å²) < 4.78 is 0. The zero-order valence-corrected chi connectivity index (χ0v) is 8.51. The number of hydrogen-bond donors (Lipinski definition) is 2. The Kier molecular flexibility index (Phi) is 3.53. The van der Waals surface area contributed by atoms with Crippen molar-refractivity contribution < 1.29 is 0 Å². The lowest BCUT2D eigenvalue weighted by Gasteiger charge is -2.34. The second-order valence-electron chi connectivity index (χ2n) is 4.52. The number of nitrogens with one attached hydrogen (secondary N) is 1. The molecule has 1 aliphatic rings. The predicted molar refractivity (Wildman–Crippen MR) is 53.0 cm³/mol. The maximum absolute atomic E-state index is 5.77. The van der Waals surface area contributed by atoms with Crippen LogP contribution in [0.3, 0.4) is 0 Å². The van der Waals surface area contributed by atoms with E-state index in [-0.39, 0.29) is 0 Å². The van der Waals surface area contributed by atoms with Crippen molar-refractivity contribution in [2.24, 2.45) is 17.6 Å². The first-order valence-corrected chi connectivity index (χ1v) is 5.08. The lowest BCUT2D eigenvalue weighted by molar-refractivity contribution is 0.230. The molecule has 1 fully saturated rings. The van der Waals surface area contributed by atoms with Crippen molar-refractivity contribution in [3.05, 3.63) is 0 Å². The van der Waals surface area contributed by atoms with E-state index in [1.807, 2.05) is 0 Å². The van der Waals surface area contributed by atoms with Gasteiger partial charge in [-0.05, 0) is 38.1 Å². The van der Waals surface area contributed by atoms with Crippen LogP contribution in [0.15, 0.2) is 0 Å². The fourth-order valence-electron chi connectivity index (χ4n) is 1.61. The van der Waals surface area contributed by atoms with Gasteiger partial charge >= 0.3 is 0 Å². The van der Waals surface area contributed by atoms with Gasteiger partial charge in [-0.25, -0.2) is 0 Å². The molecule has 0 radical (unpaired) electrons. The predicted octanol–water partition coefficient (Wildman–Crippen LogP) is 1.36. The summed E-state index contributed by atoms with van der Waals surface area (Å²) in [7, 11) is 0. The van der Waals surface area contributed by atoms with Crippen LogP contribution in [0.4, 0.5) is 0 Å². The lowest BCUT2D eigenvalue weighted by atomic mass is 9.81. The van der Waals surface area contributed by atoms with Crippen LogP contribution in [0.5, 0.6) is 0 Å². The van der Waals surface area contributed by atoms with Crippen molar-refractivity contribution in [2.45, 2.75) is 45.7 Å². The highest BCUT2D eigenvalue weighted by Crippen LogP contribution is 2.26. The molecule has 0 amide bonds. The van der Waals surface area contributed by atoms with Gasteiger partial charge in [-0.3, -0.25) is 0 Å². The molecule has 2 heteroatoms. The maximum atomic E-state index is 5.77. The monoisotopic (exact) mass is 170 g/mol. The fraction of sp³-hybridized carbons (Fsp3) is 1.00. The third kappa shape index (κ3) is 2.76. The molecular formula is C10H22N2. The molecule has 2 atom stereocenters. The molecule has 12 heavy (non-hydrogen) atoms. The summed E-state index contributed by atoms with van der Waals surface area (Å²) in [4.78, 5) is 0. The summed E-state index contributed by atoms with van der Waals surface area (Å²) in [5.74, 6) is 1.54. The smallest absolute Gasteiger partial charge is 0.00722 e. The number of nitrogens with two attached hydrogens (primary N) is 1. The third-order valence-corrected chi connectivity index (χ3v) is 3.00. The van der Waals surface area contributed by atoms with Gasteiger partial charge in [0.05, 0.1) is 0 Å². The average Bonchev–Trinajstić information content (AvgIpc) is 1.95. The first kappa shape index (κ1) is 10.0. The Balaban J connectivity index is 2.02. The topological polar surface area (TPSA) is 38.0 Å². The van der Waals surface area contributed by atoms with E-state index in [4.69, 9.17) is 5.73 Å². The Hall–Kier alpha value is -0.0800. The largest absolute Gasteiger partial charge is 0.328 e. The van der Waals surface area contributed by atoms with Gasteiger partial charge in [0.1, 0.15) is 0 Å². The van der Waals surface area contributed by atoms with E-state index >= 15 is 0 Å². The molecule has 0 aliphatic heterocycles. The zero-order valence-electron chi connectivity index (χ0n) is 8.51. The van der Waals surface area contributed by atoms with Crippen molar-refractivity contribution in [3.63, 3.8) is 0 Å². The SMILES string of the molecule is CC1CC(NCC(C)C(C)N)C1. The minimum absolute atomic E-state index is 0.315. The molecule has 0 saturated heterocycles. The van der Waals surface area contributed by atoms with Crippen LogP contribution in [-0.4, -0.2) is 18.6 Å². The van der Waals surface area contributed by atoms with Crippen LogP contribution >= 0.6 is 0 Å². The fourth-order valence-corrected chi connectivity index (χ4v) is 1.61. The van der Waals surface area contributed by atoms with E-state index < -0.39 is 0 Å². The minimum atomic E-state index is 0.315. The Labute approximate surface area is 75.9 Å². The maximum Gasteiger partial charge on any atom is 0.00722 e. The van der Waals surface area contributed by atoms with Gasteiger partial charge in [-0.1, -0.05) is 13.8 Å². The van der Waals surface area contributed by atoms with E-state index in [0.29, 0.717) is 12.0 Å². The lowest BCUT2D eigenvalue weighted by Crippen LogP contribution is -2.44. The molecule has 2 unspecified atom stereocenters. The molecule has 0 aromatic carbocycles. The van der Waals surface area contributed by atoms with Gasteiger partial charge in [-0.15, -0.1) is 0 Å². The Morgan fingerprint density at radius 1 is 1.42 bits per heavy atom. The summed E-state index contributed by atoms with van der Waals surface area (Å²) in [6, 6.07) is 1.09. The highest BCUT2D eigenvalue weighted by molar-refractivity contribution is 4.83. The molecule has 0 bridgehead atoms. The summed E-state index contributed by atoms with van der Waals surface area (Å²) in [5.41, 5.74) is 5.77. The molecule has 0 aromatic rings. The van der Waals surface area contributed by atoms with Crippen molar-refractivity contribution in [1.29, 1.82) is 0 Å². The van der Waals surface area contributed by atoms with Crippen molar-refractivity contribution in [1.82, 2.24) is 5.32 Å². The molecule has 1 aliphatic carbocycles. The van der Waals surface area contributed by atoms with E-state index in [0.717, 1.165) is 18.5 Å². The second-order valence-corrected chi connectivity index (χ2v) is 4.52. The van der Waals surface area contributed by atoms with Crippen LogP contribution in [0.1, 0.15) is 33.6 Å². The van der Waals surface area contributed by atoms with Crippen molar-refractivity contribution in [3.8, 4) is 0 Å².